The Morgan fingerprint density at radius 2 is 1.24 bits per heavy atom. The van der Waals surface area contributed by atoms with Crippen molar-refractivity contribution in [1.82, 2.24) is 4.90 Å². The number of hydrogen-bond acceptors (Lipinski definition) is 3. The van der Waals surface area contributed by atoms with Crippen molar-refractivity contribution in [3.63, 3.8) is 0 Å². The van der Waals surface area contributed by atoms with E-state index in [4.69, 9.17) is 0 Å². The van der Waals surface area contributed by atoms with Crippen molar-refractivity contribution in [2.24, 2.45) is 5.92 Å². The van der Waals surface area contributed by atoms with Crippen LogP contribution in [-0.2, 0) is 0 Å². The summed E-state index contributed by atoms with van der Waals surface area (Å²) in [5.74, 6) is 0.404. The predicted molar refractivity (Wildman–Crippen MR) is 151 cm³/mol. The van der Waals surface area contributed by atoms with Crippen LogP contribution < -0.4 is 4.90 Å². The van der Waals surface area contributed by atoms with Crippen LogP contribution in [0.25, 0.3) is 11.1 Å². The molecule has 34 heavy (non-hydrogen) atoms. The Balaban J connectivity index is 1.73. The van der Waals surface area contributed by atoms with Crippen LogP contribution in [0.1, 0.15) is 44.4 Å². The van der Waals surface area contributed by atoms with Gasteiger partial charge in [0.2, 0.25) is 0 Å². The van der Waals surface area contributed by atoms with Gasteiger partial charge in [-0.25, -0.2) is 0 Å². The lowest BCUT2D eigenvalue weighted by Crippen LogP contribution is -2.48. The van der Waals surface area contributed by atoms with Gasteiger partial charge in [-0.05, 0) is 78.1 Å². The van der Waals surface area contributed by atoms with Crippen molar-refractivity contribution in [2.75, 3.05) is 37.3 Å². The molecule has 0 N–H and O–H groups in total. The summed E-state index contributed by atoms with van der Waals surface area (Å²) in [5.41, 5.74) is 7.93. The van der Waals surface area contributed by atoms with Crippen molar-refractivity contribution in [3.05, 3.63) is 95.6 Å². The highest BCUT2D eigenvalue weighted by molar-refractivity contribution is 7.98. The molecule has 1 heterocycles. The molecule has 0 unspecified atom stereocenters. The Hall–Kier alpha value is -2.49. The zero-order chi connectivity index (χ0) is 24.1. The monoisotopic (exact) mass is 470 g/mol. The zero-order valence-electron chi connectivity index (χ0n) is 21.3. The minimum atomic E-state index is 0.404. The lowest BCUT2D eigenvalue weighted by atomic mass is 9.84. The number of hydrogen-bond donors (Lipinski definition) is 0. The largest absolute Gasteiger partial charge is 0.369 e. The maximum Gasteiger partial charge on any atom is 0.0367 e. The first-order valence-corrected chi connectivity index (χ1v) is 13.7. The van der Waals surface area contributed by atoms with Crippen LogP contribution >= 0.6 is 11.8 Å². The predicted octanol–water partition coefficient (Wildman–Crippen LogP) is 7.55. The summed E-state index contributed by atoms with van der Waals surface area (Å²) in [7, 11) is 0. The van der Waals surface area contributed by atoms with E-state index in [-0.39, 0.29) is 0 Å². The third-order valence-electron chi connectivity index (χ3n) is 6.88. The summed E-state index contributed by atoms with van der Waals surface area (Å²) in [4.78, 5) is 6.39. The molecule has 0 amide bonds. The van der Waals surface area contributed by atoms with Gasteiger partial charge < -0.3 is 4.90 Å². The first-order valence-electron chi connectivity index (χ1n) is 12.5. The van der Waals surface area contributed by atoms with Crippen molar-refractivity contribution in [3.8, 4) is 0 Å². The van der Waals surface area contributed by atoms with Gasteiger partial charge in [-0.3, -0.25) is 4.90 Å². The van der Waals surface area contributed by atoms with Gasteiger partial charge in [-0.15, -0.1) is 11.8 Å². The second-order valence-corrected chi connectivity index (χ2v) is 10.6. The van der Waals surface area contributed by atoms with Crippen molar-refractivity contribution < 1.29 is 0 Å². The van der Waals surface area contributed by atoms with Crippen LogP contribution in [0.4, 0.5) is 5.69 Å². The Morgan fingerprint density at radius 3 is 1.74 bits per heavy atom. The molecule has 0 bridgehead atoms. The van der Waals surface area contributed by atoms with Crippen LogP contribution in [0.5, 0.6) is 0 Å². The molecular formula is C31H38N2S. The quantitative estimate of drug-likeness (QED) is 0.260. The SMILES string of the molecule is CSc1ccc(/C(=C(/c2ccccc2)C(C)C)c2ccc(N3CCN(C(C)C)CC3)cc2)cc1. The highest BCUT2D eigenvalue weighted by Crippen LogP contribution is 2.38. The van der Waals surface area contributed by atoms with E-state index >= 15 is 0 Å². The lowest BCUT2D eigenvalue weighted by Gasteiger charge is -2.38. The van der Waals surface area contributed by atoms with Crippen molar-refractivity contribution in [2.45, 2.75) is 38.6 Å². The number of thioether (sulfide) groups is 1. The van der Waals surface area contributed by atoms with Gasteiger partial charge in [0.25, 0.3) is 0 Å². The van der Waals surface area contributed by atoms with Crippen LogP contribution in [-0.4, -0.2) is 43.4 Å². The summed E-state index contributed by atoms with van der Waals surface area (Å²) < 4.78 is 0. The Morgan fingerprint density at radius 1 is 0.676 bits per heavy atom. The molecule has 0 aromatic heterocycles. The summed E-state index contributed by atoms with van der Waals surface area (Å²) in [6.07, 6.45) is 2.13. The highest BCUT2D eigenvalue weighted by Gasteiger charge is 2.20. The maximum absolute atomic E-state index is 2.57. The van der Waals surface area contributed by atoms with Crippen LogP contribution in [0, 0.1) is 5.92 Å². The molecule has 0 aliphatic carbocycles. The minimum absolute atomic E-state index is 0.404. The molecule has 4 rings (SSSR count). The summed E-state index contributed by atoms with van der Waals surface area (Å²) in [6.45, 7) is 13.7. The molecule has 3 aromatic rings. The Labute approximate surface area is 210 Å². The lowest BCUT2D eigenvalue weighted by molar-refractivity contribution is 0.209. The number of piperazine rings is 1. The molecule has 2 nitrogen and oxygen atoms in total. The third kappa shape index (κ3) is 5.59. The molecule has 0 radical (unpaired) electrons. The van der Waals surface area contributed by atoms with Crippen LogP contribution in [0.2, 0.25) is 0 Å². The normalized spacial score (nSPS) is 15.7. The molecule has 0 saturated carbocycles. The standard InChI is InChI=1S/C31H38N2S/c1-23(2)30(25-9-7-6-8-10-25)31(27-13-17-29(34-5)18-14-27)26-11-15-28(16-12-26)33-21-19-32(20-22-33)24(3)4/h6-18,23-24H,19-22H2,1-5H3/b31-30+. The van der Waals surface area contributed by atoms with Gasteiger partial charge in [0.1, 0.15) is 0 Å². The van der Waals surface area contributed by atoms with Crippen molar-refractivity contribution >= 4 is 28.6 Å². The number of rotatable bonds is 7. The molecule has 0 spiro atoms. The molecule has 1 aliphatic heterocycles. The second-order valence-electron chi connectivity index (χ2n) is 9.70. The van der Waals surface area contributed by atoms with E-state index in [0.717, 1.165) is 26.2 Å². The summed E-state index contributed by atoms with van der Waals surface area (Å²) >= 11 is 1.79. The molecule has 3 heteroatoms. The Bertz CT molecular complexity index is 1070. The van der Waals surface area contributed by atoms with Crippen LogP contribution in [0.15, 0.2) is 83.8 Å². The minimum Gasteiger partial charge on any atom is -0.369 e. The van der Waals surface area contributed by atoms with E-state index in [1.807, 2.05) is 0 Å². The molecular weight excluding hydrogens is 432 g/mol. The smallest absolute Gasteiger partial charge is 0.0367 e. The topological polar surface area (TPSA) is 6.48 Å². The molecule has 1 aliphatic rings. The second kappa shape index (κ2) is 11.3. The number of anilines is 1. The summed E-state index contributed by atoms with van der Waals surface area (Å²) in [6, 6.07) is 29.8. The highest BCUT2D eigenvalue weighted by atomic mass is 32.2. The summed E-state index contributed by atoms with van der Waals surface area (Å²) in [5, 5.41) is 0. The molecule has 178 valence electrons. The van der Waals surface area contributed by atoms with Crippen LogP contribution in [0.3, 0.4) is 0 Å². The van der Waals surface area contributed by atoms with Gasteiger partial charge >= 0.3 is 0 Å². The number of nitrogens with zero attached hydrogens (tertiary/aromatic N) is 2. The molecule has 1 fully saturated rings. The van der Waals surface area contributed by atoms with E-state index in [2.05, 4.69) is 123 Å². The Kier molecular flexibility index (Phi) is 8.18. The fourth-order valence-electron chi connectivity index (χ4n) is 4.95. The van der Waals surface area contributed by atoms with Crippen molar-refractivity contribution in [1.29, 1.82) is 0 Å². The van der Waals surface area contributed by atoms with Gasteiger partial charge in [-0.2, -0.15) is 0 Å². The fraction of sp³-hybridized carbons (Fsp3) is 0.355. The van der Waals surface area contributed by atoms with E-state index in [9.17, 15) is 0 Å². The fourth-order valence-corrected chi connectivity index (χ4v) is 5.36. The van der Waals surface area contributed by atoms with Gasteiger partial charge in [-0.1, -0.05) is 68.4 Å². The maximum atomic E-state index is 2.57. The average molecular weight is 471 g/mol. The number of allylic oxidation sites excluding steroid dienone is 1. The number of benzene rings is 3. The van der Waals surface area contributed by atoms with E-state index < -0.39 is 0 Å². The first-order chi connectivity index (χ1) is 16.5. The molecule has 0 atom stereocenters. The van der Waals surface area contributed by atoms with Gasteiger partial charge in [0.15, 0.2) is 0 Å². The first kappa shape index (κ1) is 24.6. The molecule has 3 aromatic carbocycles. The van der Waals surface area contributed by atoms with E-state index in [0.29, 0.717) is 12.0 Å². The van der Waals surface area contributed by atoms with Gasteiger partial charge in [0.05, 0.1) is 0 Å². The average Bonchev–Trinajstić information content (AvgIpc) is 2.88. The van der Waals surface area contributed by atoms with E-state index in [1.165, 1.54) is 38.4 Å². The third-order valence-corrected chi connectivity index (χ3v) is 7.62. The van der Waals surface area contributed by atoms with E-state index in [1.54, 1.807) is 11.8 Å². The van der Waals surface area contributed by atoms with Gasteiger partial charge in [0, 0.05) is 42.8 Å². The molecule has 1 saturated heterocycles. The zero-order valence-corrected chi connectivity index (χ0v) is 22.1.